The van der Waals surface area contributed by atoms with Gasteiger partial charge in [-0.25, -0.2) is 13.4 Å². The Morgan fingerprint density at radius 3 is 2.74 bits per heavy atom. The standard InChI is InChI=1S/C11H17N3O3S.ClH/c1-9-8-14(6-5-12-9)18(15,16)10-3-4-11(17-2)13-7-10;/h3-4,7,9,12H,5-6,8H2,1-2H3;1H/t9-;/m0./s1. The van der Waals surface area contributed by atoms with Gasteiger partial charge in [0, 0.05) is 31.7 Å². The first-order valence-corrected chi connectivity index (χ1v) is 7.21. The van der Waals surface area contributed by atoms with E-state index in [1.165, 1.54) is 23.7 Å². The quantitative estimate of drug-likeness (QED) is 0.880. The summed E-state index contributed by atoms with van der Waals surface area (Å²) < 4.78 is 31.1. The van der Waals surface area contributed by atoms with Gasteiger partial charge in [-0.3, -0.25) is 0 Å². The molecule has 0 aromatic carbocycles. The van der Waals surface area contributed by atoms with E-state index < -0.39 is 10.0 Å². The molecular formula is C11H18ClN3O3S. The van der Waals surface area contributed by atoms with Gasteiger partial charge in [-0.2, -0.15) is 4.31 Å². The van der Waals surface area contributed by atoms with Crippen molar-refractivity contribution in [2.45, 2.75) is 17.9 Å². The van der Waals surface area contributed by atoms with Crippen LogP contribution in [-0.4, -0.2) is 50.5 Å². The van der Waals surface area contributed by atoms with E-state index >= 15 is 0 Å². The summed E-state index contributed by atoms with van der Waals surface area (Å²) in [6.45, 7) is 3.60. The molecule has 1 aromatic heterocycles. The number of nitrogens with one attached hydrogen (secondary N) is 1. The average Bonchev–Trinajstić information content (AvgIpc) is 2.39. The molecule has 1 aliphatic rings. The molecule has 1 aromatic rings. The summed E-state index contributed by atoms with van der Waals surface area (Å²) >= 11 is 0. The van der Waals surface area contributed by atoms with Crippen molar-refractivity contribution in [3.05, 3.63) is 18.3 Å². The molecule has 0 aliphatic carbocycles. The van der Waals surface area contributed by atoms with Crippen LogP contribution in [0.4, 0.5) is 0 Å². The number of nitrogens with zero attached hydrogens (tertiary/aromatic N) is 2. The van der Waals surface area contributed by atoms with Crippen LogP contribution in [0.15, 0.2) is 23.2 Å². The lowest BCUT2D eigenvalue weighted by Crippen LogP contribution is -2.51. The second-order valence-electron chi connectivity index (χ2n) is 4.25. The Hall–Kier alpha value is -0.890. The van der Waals surface area contributed by atoms with E-state index in [4.69, 9.17) is 4.74 Å². The van der Waals surface area contributed by atoms with Gasteiger partial charge in [0.1, 0.15) is 4.90 Å². The van der Waals surface area contributed by atoms with Gasteiger partial charge in [-0.1, -0.05) is 0 Å². The second kappa shape index (κ2) is 6.51. The Morgan fingerprint density at radius 2 is 2.21 bits per heavy atom. The van der Waals surface area contributed by atoms with E-state index in [1.54, 1.807) is 6.07 Å². The van der Waals surface area contributed by atoms with E-state index in [-0.39, 0.29) is 23.3 Å². The molecule has 19 heavy (non-hydrogen) atoms. The number of hydrogen-bond acceptors (Lipinski definition) is 5. The first-order chi connectivity index (χ1) is 8.54. The van der Waals surface area contributed by atoms with E-state index in [0.717, 1.165) is 0 Å². The van der Waals surface area contributed by atoms with Crippen LogP contribution in [-0.2, 0) is 10.0 Å². The van der Waals surface area contributed by atoms with E-state index in [9.17, 15) is 8.42 Å². The smallest absolute Gasteiger partial charge is 0.244 e. The molecule has 1 aliphatic heterocycles. The summed E-state index contributed by atoms with van der Waals surface area (Å²) in [5, 5.41) is 3.21. The van der Waals surface area contributed by atoms with Crippen molar-refractivity contribution in [2.75, 3.05) is 26.7 Å². The lowest BCUT2D eigenvalue weighted by atomic mass is 10.3. The Labute approximate surface area is 119 Å². The van der Waals surface area contributed by atoms with Crippen LogP contribution in [0, 0.1) is 0 Å². The molecule has 108 valence electrons. The van der Waals surface area contributed by atoms with Gasteiger partial charge in [0.15, 0.2) is 0 Å². The lowest BCUT2D eigenvalue weighted by Gasteiger charge is -2.30. The largest absolute Gasteiger partial charge is 0.481 e. The van der Waals surface area contributed by atoms with Crippen molar-refractivity contribution in [1.82, 2.24) is 14.6 Å². The molecule has 0 amide bonds. The van der Waals surface area contributed by atoms with Crippen LogP contribution in [0.5, 0.6) is 5.88 Å². The third-order valence-corrected chi connectivity index (χ3v) is 4.74. The maximum absolute atomic E-state index is 12.3. The molecule has 1 N–H and O–H groups in total. The number of hydrogen-bond donors (Lipinski definition) is 1. The fourth-order valence-corrected chi connectivity index (χ4v) is 3.38. The zero-order chi connectivity index (χ0) is 13.2. The summed E-state index contributed by atoms with van der Waals surface area (Å²) in [4.78, 5) is 4.14. The molecule has 1 atom stereocenters. The third-order valence-electron chi connectivity index (χ3n) is 2.89. The predicted octanol–water partition coefficient (Wildman–Crippen LogP) is 0.494. The van der Waals surface area contributed by atoms with Gasteiger partial charge in [-0.15, -0.1) is 12.4 Å². The molecule has 0 saturated carbocycles. The van der Waals surface area contributed by atoms with Crippen molar-refractivity contribution in [3.8, 4) is 5.88 Å². The van der Waals surface area contributed by atoms with Crippen LogP contribution in [0.2, 0.25) is 0 Å². The number of pyridine rings is 1. The zero-order valence-electron chi connectivity index (χ0n) is 10.9. The van der Waals surface area contributed by atoms with Crippen LogP contribution >= 0.6 is 12.4 Å². The van der Waals surface area contributed by atoms with Gasteiger partial charge in [0.2, 0.25) is 15.9 Å². The molecule has 1 saturated heterocycles. The SMILES string of the molecule is COc1ccc(S(=O)(=O)N2CCN[C@@H](C)C2)cn1.Cl. The van der Waals surface area contributed by atoms with Crippen molar-refractivity contribution < 1.29 is 13.2 Å². The molecule has 0 radical (unpaired) electrons. The summed E-state index contributed by atoms with van der Waals surface area (Å²) in [5.74, 6) is 0.405. The predicted molar refractivity (Wildman–Crippen MR) is 74.3 cm³/mol. The first-order valence-electron chi connectivity index (χ1n) is 5.77. The highest BCUT2D eigenvalue weighted by molar-refractivity contribution is 7.89. The molecule has 6 nitrogen and oxygen atoms in total. The second-order valence-corrected chi connectivity index (χ2v) is 6.19. The minimum Gasteiger partial charge on any atom is -0.481 e. The van der Waals surface area contributed by atoms with Crippen molar-refractivity contribution in [2.24, 2.45) is 0 Å². The maximum atomic E-state index is 12.3. The van der Waals surface area contributed by atoms with E-state index in [2.05, 4.69) is 10.3 Å². The first kappa shape index (κ1) is 16.2. The number of sulfonamides is 1. The molecule has 8 heteroatoms. The minimum atomic E-state index is -3.44. The Kier molecular flexibility index (Phi) is 5.54. The van der Waals surface area contributed by atoms with E-state index in [1.807, 2.05) is 6.92 Å². The number of halogens is 1. The van der Waals surface area contributed by atoms with Gasteiger partial charge < -0.3 is 10.1 Å². The van der Waals surface area contributed by atoms with Gasteiger partial charge in [0.25, 0.3) is 0 Å². The summed E-state index contributed by atoms with van der Waals surface area (Å²) in [5.41, 5.74) is 0. The number of ether oxygens (including phenoxy) is 1. The zero-order valence-corrected chi connectivity index (χ0v) is 12.5. The molecule has 0 bridgehead atoms. The minimum absolute atomic E-state index is 0. The fourth-order valence-electron chi connectivity index (χ4n) is 1.90. The van der Waals surface area contributed by atoms with Crippen LogP contribution in [0.3, 0.4) is 0 Å². The van der Waals surface area contributed by atoms with Gasteiger partial charge in [0.05, 0.1) is 13.3 Å². The van der Waals surface area contributed by atoms with Crippen molar-refractivity contribution in [3.63, 3.8) is 0 Å². The Morgan fingerprint density at radius 1 is 1.47 bits per heavy atom. The molecule has 0 unspecified atom stereocenters. The maximum Gasteiger partial charge on any atom is 0.244 e. The topological polar surface area (TPSA) is 71.5 Å². The third kappa shape index (κ3) is 3.56. The molecule has 0 spiro atoms. The average molecular weight is 308 g/mol. The van der Waals surface area contributed by atoms with Crippen LogP contribution < -0.4 is 10.1 Å². The monoisotopic (exact) mass is 307 g/mol. The highest BCUT2D eigenvalue weighted by Crippen LogP contribution is 2.18. The normalized spacial score (nSPS) is 20.6. The number of piperazine rings is 1. The summed E-state index contributed by atoms with van der Waals surface area (Å²) in [6.07, 6.45) is 1.33. The molecule has 2 heterocycles. The highest BCUT2D eigenvalue weighted by Gasteiger charge is 2.28. The Balaban J connectivity index is 0.00000180. The van der Waals surface area contributed by atoms with Gasteiger partial charge in [-0.05, 0) is 13.0 Å². The summed E-state index contributed by atoms with van der Waals surface area (Å²) in [7, 11) is -1.95. The van der Waals surface area contributed by atoms with Gasteiger partial charge >= 0.3 is 0 Å². The van der Waals surface area contributed by atoms with E-state index in [0.29, 0.717) is 25.5 Å². The van der Waals surface area contributed by atoms with Crippen LogP contribution in [0.25, 0.3) is 0 Å². The number of aromatic nitrogens is 1. The molecule has 1 fully saturated rings. The number of rotatable bonds is 3. The molecular weight excluding hydrogens is 290 g/mol. The van der Waals surface area contributed by atoms with Crippen molar-refractivity contribution in [1.29, 1.82) is 0 Å². The Bertz CT molecular complexity index is 506. The molecule has 2 rings (SSSR count). The van der Waals surface area contributed by atoms with Crippen molar-refractivity contribution >= 4 is 22.4 Å². The highest BCUT2D eigenvalue weighted by atomic mass is 35.5. The summed E-state index contributed by atoms with van der Waals surface area (Å²) in [6, 6.07) is 3.24. The fraction of sp³-hybridized carbons (Fsp3) is 0.545. The number of methoxy groups -OCH3 is 1. The lowest BCUT2D eigenvalue weighted by molar-refractivity contribution is 0.310. The van der Waals surface area contributed by atoms with Crippen LogP contribution in [0.1, 0.15) is 6.92 Å².